The molecule has 0 bridgehead atoms. The number of aromatic hydroxyl groups is 1. The molecule has 0 radical (unpaired) electrons. The van der Waals surface area contributed by atoms with Crippen molar-refractivity contribution in [3.63, 3.8) is 0 Å². The standard InChI is InChI=1S/C24H30N2O3.CH2F2.CH3F/c1-16(2)15-22(27)19-11-12-23(17(3)24(19)28)29-14-8-7-13-26-18(4)25-20-9-5-6-10-21(20)26;2-1-3;1-2/h5-6,9-12,16,28H,7-8,13-15H2,1-4H3;1H2;1H3. The third-order valence-corrected chi connectivity index (χ3v) is 5.15. The number of nitrogens with zero attached hydrogens (tertiary/aromatic N) is 2. The largest absolute Gasteiger partial charge is 0.507 e. The number of hydrogen-bond acceptors (Lipinski definition) is 4. The fraction of sp³-hybridized carbons (Fsp3) is 0.462. The van der Waals surface area contributed by atoms with Crippen LogP contribution in [0.3, 0.4) is 0 Å². The number of unbranched alkanes of at least 4 members (excludes halogenated alkanes) is 1. The SMILES string of the molecule is CF.Cc1c(OCCCCn2c(C)nc3ccccc32)ccc(C(=O)CC(C)C)c1O.FCF. The molecule has 1 N–H and O–H groups in total. The number of alkyl halides is 3. The number of Topliss-reactive ketones (excluding diaryl/α,β-unsaturated/α-hetero) is 1. The first-order valence-corrected chi connectivity index (χ1v) is 11.2. The number of benzene rings is 2. The molecule has 0 aliphatic rings. The Balaban J connectivity index is 0.00000107. The minimum Gasteiger partial charge on any atom is -0.507 e. The van der Waals surface area contributed by atoms with E-state index in [1.54, 1.807) is 19.1 Å². The van der Waals surface area contributed by atoms with Gasteiger partial charge in [0.05, 0.1) is 30.4 Å². The summed E-state index contributed by atoms with van der Waals surface area (Å²) in [6.07, 6.45) is 2.28. The van der Waals surface area contributed by atoms with Crippen LogP contribution in [0.2, 0.25) is 0 Å². The molecule has 0 saturated carbocycles. The van der Waals surface area contributed by atoms with Gasteiger partial charge in [-0.2, -0.15) is 0 Å². The highest BCUT2D eigenvalue weighted by atomic mass is 19.3. The van der Waals surface area contributed by atoms with E-state index < -0.39 is 6.93 Å². The van der Waals surface area contributed by atoms with Crippen molar-refractivity contribution in [1.29, 1.82) is 0 Å². The van der Waals surface area contributed by atoms with Gasteiger partial charge in [-0.25, -0.2) is 13.8 Å². The minimum atomic E-state index is -1.75. The number of carbonyl (C=O) groups is 1. The molecule has 0 saturated heterocycles. The number of aryl methyl sites for hydroxylation is 2. The van der Waals surface area contributed by atoms with Gasteiger partial charge < -0.3 is 14.4 Å². The number of aromatic nitrogens is 2. The number of para-hydroxylation sites is 2. The maximum absolute atomic E-state index is 12.3. The van der Waals surface area contributed by atoms with Crippen LogP contribution in [0, 0.1) is 19.8 Å². The lowest BCUT2D eigenvalue weighted by Gasteiger charge is -2.14. The summed E-state index contributed by atoms with van der Waals surface area (Å²) in [6.45, 7) is 7.51. The molecule has 1 aromatic heterocycles. The predicted octanol–water partition coefficient (Wildman–Crippen LogP) is 6.92. The highest BCUT2D eigenvalue weighted by Gasteiger charge is 2.17. The first-order valence-electron chi connectivity index (χ1n) is 11.2. The molecule has 1 heterocycles. The molecule has 0 aliphatic heterocycles. The fourth-order valence-corrected chi connectivity index (χ4v) is 3.58. The van der Waals surface area contributed by atoms with Crippen LogP contribution in [-0.2, 0) is 6.54 Å². The van der Waals surface area contributed by atoms with Gasteiger partial charge in [0, 0.05) is 18.5 Å². The number of halogens is 3. The molecule has 5 nitrogen and oxygen atoms in total. The molecule has 3 rings (SSSR count). The molecule has 34 heavy (non-hydrogen) atoms. The van der Waals surface area contributed by atoms with E-state index in [0.717, 1.165) is 36.2 Å². The van der Waals surface area contributed by atoms with Gasteiger partial charge >= 0.3 is 0 Å². The van der Waals surface area contributed by atoms with Crippen molar-refractivity contribution in [1.82, 2.24) is 9.55 Å². The molecule has 0 fully saturated rings. The van der Waals surface area contributed by atoms with Crippen LogP contribution < -0.4 is 4.74 Å². The highest BCUT2D eigenvalue weighted by Crippen LogP contribution is 2.32. The van der Waals surface area contributed by atoms with Gasteiger partial charge in [0.2, 0.25) is 6.93 Å². The summed E-state index contributed by atoms with van der Waals surface area (Å²) in [4.78, 5) is 16.9. The number of carbonyl (C=O) groups excluding carboxylic acids is 1. The first-order chi connectivity index (χ1) is 16.3. The average molecular weight is 481 g/mol. The molecule has 0 unspecified atom stereocenters. The summed E-state index contributed by atoms with van der Waals surface area (Å²) < 4.78 is 36.9. The average Bonchev–Trinajstić information content (AvgIpc) is 3.12. The molecule has 188 valence electrons. The van der Waals surface area contributed by atoms with E-state index in [0.29, 0.717) is 37.1 Å². The number of ketones is 1. The fourth-order valence-electron chi connectivity index (χ4n) is 3.58. The van der Waals surface area contributed by atoms with Gasteiger partial charge in [-0.3, -0.25) is 9.18 Å². The van der Waals surface area contributed by atoms with Crippen LogP contribution in [-0.4, -0.2) is 41.2 Å². The van der Waals surface area contributed by atoms with Crippen molar-refractivity contribution in [3.05, 3.63) is 53.3 Å². The lowest BCUT2D eigenvalue weighted by atomic mass is 9.98. The van der Waals surface area contributed by atoms with Crippen molar-refractivity contribution < 1.29 is 27.8 Å². The zero-order valence-electron chi connectivity index (χ0n) is 20.6. The van der Waals surface area contributed by atoms with Crippen molar-refractivity contribution in [2.45, 2.75) is 53.5 Å². The number of imidazole rings is 1. The van der Waals surface area contributed by atoms with Crippen molar-refractivity contribution in [2.75, 3.05) is 20.7 Å². The molecule has 0 atom stereocenters. The van der Waals surface area contributed by atoms with Gasteiger partial charge in [-0.05, 0) is 56.9 Å². The van der Waals surface area contributed by atoms with Crippen LogP contribution in [0.1, 0.15) is 54.9 Å². The third-order valence-electron chi connectivity index (χ3n) is 5.15. The molecule has 0 aliphatic carbocycles. The zero-order chi connectivity index (χ0) is 25.7. The van der Waals surface area contributed by atoms with E-state index in [1.807, 2.05) is 39.0 Å². The van der Waals surface area contributed by atoms with Crippen molar-refractivity contribution in [2.24, 2.45) is 5.92 Å². The molecule has 2 aromatic carbocycles. The summed E-state index contributed by atoms with van der Waals surface area (Å²) in [5.41, 5.74) is 3.19. The summed E-state index contributed by atoms with van der Waals surface area (Å²) in [5.74, 6) is 1.92. The second-order valence-corrected chi connectivity index (χ2v) is 8.06. The second kappa shape index (κ2) is 15.0. The molecule has 0 amide bonds. The normalized spacial score (nSPS) is 10.4. The lowest BCUT2D eigenvalue weighted by molar-refractivity contribution is 0.0965. The molecular formula is C26H35F3N2O3. The van der Waals surface area contributed by atoms with E-state index >= 15 is 0 Å². The van der Waals surface area contributed by atoms with Gasteiger partial charge in [-0.1, -0.05) is 26.0 Å². The topological polar surface area (TPSA) is 64.4 Å². The van der Waals surface area contributed by atoms with Gasteiger partial charge in [0.15, 0.2) is 5.78 Å². The van der Waals surface area contributed by atoms with Crippen LogP contribution in [0.25, 0.3) is 11.0 Å². The van der Waals surface area contributed by atoms with Crippen molar-refractivity contribution in [3.8, 4) is 11.5 Å². The quantitative estimate of drug-likeness (QED) is 0.267. The predicted molar refractivity (Wildman–Crippen MR) is 130 cm³/mol. The Hall–Kier alpha value is -3.03. The number of rotatable bonds is 9. The number of phenols is 1. The van der Waals surface area contributed by atoms with Crippen LogP contribution in [0.15, 0.2) is 36.4 Å². The Morgan fingerprint density at radius 2 is 1.74 bits per heavy atom. The van der Waals surface area contributed by atoms with Gasteiger partial charge in [-0.15, -0.1) is 0 Å². The lowest BCUT2D eigenvalue weighted by Crippen LogP contribution is -2.06. The maximum Gasteiger partial charge on any atom is 0.229 e. The Bertz CT molecular complexity index is 1040. The monoisotopic (exact) mass is 480 g/mol. The zero-order valence-corrected chi connectivity index (χ0v) is 20.6. The Labute approximate surface area is 199 Å². The van der Waals surface area contributed by atoms with Crippen LogP contribution in [0.5, 0.6) is 11.5 Å². The highest BCUT2D eigenvalue weighted by molar-refractivity contribution is 5.99. The molecule has 3 aromatic rings. The van der Waals surface area contributed by atoms with E-state index in [4.69, 9.17) is 4.74 Å². The summed E-state index contributed by atoms with van der Waals surface area (Å²) in [5, 5.41) is 10.4. The van der Waals surface area contributed by atoms with Crippen molar-refractivity contribution >= 4 is 16.8 Å². The van der Waals surface area contributed by atoms with E-state index in [9.17, 15) is 23.1 Å². The number of phenolic OH excluding ortho intramolecular Hbond substituents is 1. The third kappa shape index (κ3) is 8.08. The van der Waals surface area contributed by atoms with Gasteiger partial charge in [0.1, 0.15) is 17.3 Å². The second-order valence-electron chi connectivity index (χ2n) is 8.06. The minimum absolute atomic E-state index is 0.0323. The van der Waals surface area contributed by atoms with Gasteiger partial charge in [0.25, 0.3) is 0 Å². The number of ether oxygens (including phenoxy) is 1. The van der Waals surface area contributed by atoms with E-state index in [2.05, 4.69) is 15.6 Å². The first kappa shape index (κ1) is 29.0. The smallest absolute Gasteiger partial charge is 0.229 e. The summed E-state index contributed by atoms with van der Waals surface area (Å²) in [6, 6.07) is 11.6. The Kier molecular flexibility index (Phi) is 12.8. The van der Waals surface area contributed by atoms with E-state index in [-0.39, 0.29) is 17.5 Å². The summed E-state index contributed by atoms with van der Waals surface area (Å²) >= 11 is 0. The molecular weight excluding hydrogens is 445 g/mol. The maximum atomic E-state index is 12.3. The van der Waals surface area contributed by atoms with E-state index in [1.165, 1.54) is 0 Å². The van der Waals surface area contributed by atoms with Crippen LogP contribution >= 0.6 is 0 Å². The number of hydrogen-bond donors (Lipinski definition) is 1. The Morgan fingerprint density at radius 3 is 2.38 bits per heavy atom. The molecule has 0 spiro atoms. The van der Waals surface area contributed by atoms with Crippen LogP contribution in [0.4, 0.5) is 13.2 Å². The Morgan fingerprint density at radius 1 is 1.09 bits per heavy atom. The number of fused-ring (bicyclic) bond motifs is 1. The molecule has 8 heteroatoms. The summed E-state index contributed by atoms with van der Waals surface area (Å²) in [7, 11) is 0.500.